The van der Waals surface area contributed by atoms with Crippen LogP contribution in [-0.2, 0) is 6.18 Å². The summed E-state index contributed by atoms with van der Waals surface area (Å²) in [4.78, 5) is 3.28. The predicted molar refractivity (Wildman–Crippen MR) is 75.1 cm³/mol. The summed E-state index contributed by atoms with van der Waals surface area (Å²) in [5.41, 5.74) is 0.223. The minimum Gasteiger partial charge on any atom is -0.455 e. The molecule has 0 saturated heterocycles. The topological polar surface area (TPSA) is 48.2 Å². The molecule has 0 saturated carbocycles. The van der Waals surface area contributed by atoms with Crippen LogP contribution in [0.2, 0.25) is 5.02 Å². The van der Waals surface area contributed by atoms with E-state index in [1.807, 2.05) is 0 Å². The van der Waals surface area contributed by atoms with E-state index in [1.165, 1.54) is 24.3 Å². The van der Waals surface area contributed by atoms with Gasteiger partial charge in [-0.25, -0.2) is 4.39 Å². The third-order valence-corrected chi connectivity index (χ3v) is 3.11. The van der Waals surface area contributed by atoms with E-state index in [-0.39, 0.29) is 27.9 Å². The number of nitrogens with zero attached hydrogens (tertiary/aromatic N) is 2. The van der Waals surface area contributed by atoms with Crippen LogP contribution in [0, 0.1) is 11.9 Å². The molecule has 9 heteroatoms. The van der Waals surface area contributed by atoms with Gasteiger partial charge in [-0.1, -0.05) is 22.8 Å². The molecule has 3 rings (SSSR count). The molecule has 4 nitrogen and oxygen atoms in total. The van der Waals surface area contributed by atoms with Crippen LogP contribution < -0.4 is 4.74 Å². The Morgan fingerprint density at radius 1 is 1.17 bits per heavy atom. The van der Waals surface area contributed by atoms with E-state index >= 15 is 0 Å². The van der Waals surface area contributed by atoms with Gasteiger partial charge in [0.25, 0.3) is 0 Å². The molecule has 1 radical (unpaired) electrons. The summed E-state index contributed by atoms with van der Waals surface area (Å²) in [6.07, 6.45) is -4.73. The maximum atomic E-state index is 13.0. The maximum absolute atomic E-state index is 13.0. The fraction of sp³-hybridized carbons (Fsp3) is 0.0667. The van der Waals surface area contributed by atoms with Gasteiger partial charge in [0.2, 0.25) is 5.82 Å². The number of hydrogen-bond donors (Lipinski definition) is 0. The van der Waals surface area contributed by atoms with Crippen molar-refractivity contribution in [3.8, 4) is 22.9 Å². The zero-order valence-corrected chi connectivity index (χ0v) is 12.3. The van der Waals surface area contributed by atoms with Crippen molar-refractivity contribution >= 4 is 11.6 Å². The Morgan fingerprint density at radius 3 is 2.62 bits per heavy atom. The van der Waals surface area contributed by atoms with Gasteiger partial charge in [-0.3, -0.25) is 0 Å². The number of halogens is 5. The van der Waals surface area contributed by atoms with E-state index in [0.717, 1.165) is 12.1 Å². The Morgan fingerprint density at radius 2 is 1.96 bits per heavy atom. The van der Waals surface area contributed by atoms with Crippen molar-refractivity contribution in [2.24, 2.45) is 0 Å². The summed E-state index contributed by atoms with van der Waals surface area (Å²) in [5.74, 6) is -1.94. The van der Waals surface area contributed by atoms with Gasteiger partial charge in [0.1, 0.15) is 17.3 Å². The second kappa shape index (κ2) is 6.12. The predicted octanol–water partition coefficient (Wildman–Crippen LogP) is 5.14. The first-order valence-electron chi connectivity index (χ1n) is 6.39. The Hall–Kier alpha value is -2.61. The molecule has 0 unspecified atom stereocenters. The first-order valence-corrected chi connectivity index (χ1v) is 6.76. The molecule has 0 bridgehead atoms. The normalized spacial score (nSPS) is 11.5. The van der Waals surface area contributed by atoms with Crippen LogP contribution in [0.25, 0.3) is 11.4 Å². The second-order valence-electron chi connectivity index (χ2n) is 4.54. The van der Waals surface area contributed by atoms with E-state index in [9.17, 15) is 17.6 Å². The maximum Gasteiger partial charge on any atom is 0.471 e. The average molecular weight is 358 g/mol. The summed E-state index contributed by atoms with van der Waals surface area (Å²) in [7, 11) is 0. The first kappa shape index (κ1) is 16.3. The van der Waals surface area contributed by atoms with Crippen molar-refractivity contribution < 1.29 is 26.8 Å². The Labute approximate surface area is 137 Å². The Balaban J connectivity index is 1.88. The lowest BCUT2D eigenvalue weighted by Crippen LogP contribution is -2.04. The quantitative estimate of drug-likeness (QED) is 0.609. The van der Waals surface area contributed by atoms with Crippen LogP contribution in [0.3, 0.4) is 0 Å². The SMILES string of the molecule is Fc1ccc(Oc2[c]ccc(-c3noc(C(F)(F)F)n3)c2)c(Cl)c1. The molecule has 1 heterocycles. The van der Waals surface area contributed by atoms with Gasteiger partial charge in [-0.2, -0.15) is 18.2 Å². The average Bonchev–Trinajstić information content (AvgIpc) is 3.01. The highest BCUT2D eigenvalue weighted by Crippen LogP contribution is 2.32. The van der Waals surface area contributed by atoms with Crippen molar-refractivity contribution in [1.29, 1.82) is 0 Å². The molecule has 0 aliphatic rings. The van der Waals surface area contributed by atoms with Gasteiger partial charge in [0, 0.05) is 11.6 Å². The second-order valence-corrected chi connectivity index (χ2v) is 4.95. The minimum absolute atomic E-state index is 0.0349. The smallest absolute Gasteiger partial charge is 0.455 e. The van der Waals surface area contributed by atoms with Crippen LogP contribution in [0.15, 0.2) is 40.9 Å². The highest BCUT2D eigenvalue weighted by molar-refractivity contribution is 6.32. The number of hydrogen-bond acceptors (Lipinski definition) is 4. The number of alkyl halides is 3. The summed E-state index contributed by atoms with van der Waals surface area (Å²) in [6, 6.07) is 10.4. The third kappa shape index (κ3) is 3.48. The van der Waals surface area contributed by atoms with E-state index in [1.54, 1.807) is 0 Å². The highest BCUT2D eigenvalue weighted by atomic mass is 35.5. The number of rotatable bonds is 3. The van der Waals surface area contributed by atoms with Crippen molar-refractivity contribution in [2.75, 3.05) is 0 Å². The summed E-state index contributed by atoms with van der Waals surface area (Å²) >= 11 is 5.85. The third-order valence-electron chi connectivity index (χ3n) is 2.82. The highest BCUT2D eigenvalue weighted by Gasteiger charge is 2.38. The Bertz CT molecular complexity index is 880. The molecule has 0 amide bonds. The lowest BCUT2D eigenvalue weighted by Gasteiger charge is -2.07. The van der Waals surface area contributed by atoms with Crippen molar-refractivity contribution in [3.05, 3.63) is 59.2 Å². The molecule has 0 aliphatic carbocycles. The fourth-order valence-corrected chi connectivity index (χ4v) is 1.98. The van der Waals surface area contributed by atoms with Crippen LogP contribution in [0.5, 0.6) is 11.5 Å². The fourth-order valence-electron chi connectivity index (χ4n) is 1.77. The van der Waals surface area contributed by atoms with Gasteiger partial charge in [-0.05, 0) is 30.3 Å². The Kier molecular flexibility index (Phi) is 4.15. The van der Waals surface area contributed by atoms with Crippen LogP contribution in [-0.4, -0.2) is 10.1 Å². The zero-order chi connectivity index (χ0) is 17.3. The molecule has 1 aromatic heterocycles. The van der Waals surface area contributed by atoms with Gasteiger partial charge < -0.3 is 9.26 Å². The van der Waals surface area contributed by atoms with E-state index < -0.39 is 17.9 Å². The zero-order valence-electron chi connectivity index (χ0n) is 11.6. The number of benzene rings is 2. The molecular weight excluding hydrogens is 352 g/mol. The molecule has 3 aromatic rings. The molecule has 123 valence electrons. The molecule has 0 fully saturated rings. The van der Waals surface area contributed by atoms with E-state index in [4.69, 9.17) is 16.3 Å². The first-order chi connectivity index (χ1) is 11.3. The molecule has 0 N–H and O–H groups in total. The molecule has 2 aromatic carbocycles. The molecular formula is C15H6ClF4N2O2. The summed E-state index contributed by atoms with van der Waals surface area (Å²) in [5, 5.41) is 3.31. The summed E-state index contributed by atoms with van der Waals surface area (Å²) < 4.78 is 60.1. The molecule has 0 atom stereocenters. The molecule has 0 spiro atoms. The monoisotopic (exact) mass is 357 g/mol. The van der Waals surface area contributed by atoms with Gasteiger partial charge in [0.15, 0.2) is 0 Å². The van der Waals surface area contributed by atoms with E-state index in [0.29, 0.717) is 0 Å². The standard InChI is InChI=1S/C15H6ClF4N2O2/c16-11-7-9(17)4-5-12(11)23-10-3-1-2-8(6-10)13-21-14(24-22-13)15(18,19)20/h1-2,4-7H. The summed E-state index contributed by atoms with van der Waals surface area (Å²) in [6.45, 7) is 0. The number of aromatic nitrogens is 2. The van der Waals surface area contributed by atoms with Crippen molar-refractivity contribution in [3.63, 3.8) is 0 Å². The molecule has 24 heavy (non-hydrogen) atoms. The van der Waals surface area contributed by atoms with Crippen molar-refractivity contribution in [2.45, 2.75) is 6.18 Å². The van der Waals surface area contributed by atoms with Crippen LogP contribution >= 0.6 is 11.6 Å². The van der Waals surface area contributed by atoms with Crippen molar-refractivity contribution in [1.82, 2.24) is 10.1 Å². The van der Waals surface area contributed by atoms with Crippen LogP contribution in [0.1, 0.15) is 5.89 Å². The van der Waals surface area contributed by atoms with E-state index in [2.05, 4.69) is 20.7 Å². The van der Waals surface area contributed by atoms with Gasteiger partial charge in [0.05, 0.1) is 5.02 Å². The lowest BCUT2D eigenvalue weighted by molar-refractivity contribution is -0.159. The van der Waals surface area contributed by atoms with Gasteiger partial charge in [-0.15, -0.1) is 0 Å². The lowest BCUT2D eigenvalue weighted by atomic mass is 10.2. The minimum atomic E-state index is -4.73. The van der Waals surface area contributed by atoms with Gasteiger partial charge >= 0.3 is 12.1 Å². The van der Waals surface area contributed by atoms with Crippen LogP contribution in [0.4, 0.5) is 17.6 Å². The number of ether oxygens (including phenoxy) is 1. The molecule has 0 aliphatic heterocycles. The largest absolute Gasteiger partial charge is 0.471 e.